The second kappa shape index (κ2) is 9.31. The highest BCUT2D eigenvalue weighted by Gasteiger charge is 2.13. The van der Waals surface area contributed by atoms with E-state index < -0.39 is 0 Å². The number of carbonyl (C=O) groups is 1. The number of hydrogen-bond donors (Lipinski definition) is 1. The van der Waals surface area contributed by atoms with Crippen LogP contribution in [0.3, 0.4) is 0 Å². The summed E-state index contributed by atoms with van der Waals surface area (Å²) in [6.45, 7) is 0.724. The molecular formula is C19H23ClN2O4. The number of carbonyl (C=O) groups excluding carboxylic acids is 1. The SMILES string of the molecule is COc1ccc(NC(=O)CN(C)Cc2cc(Cl)ccc2OC)c(OC)c1. The fraction of sp³-hybridized carbons (Fsp3) is 0.316. The van der Waals surface area contributed by atoms with Gasteiger partial charge in [-0.05, 0) is 37.4 Å². The lowest BCUT2D eigenvalue weighted by atomic mass is 10.2. The van der Waals surface area contributed by atoms with Gasteiger partial charge >= 0.3 is 0 Å². The van der Waals surface area contributed by atoms with Crippen LogP contribution in [0.15, 0.2) is 36.4 Å². The van der Waals surface area contributed by atoms with E-state index in [-0.39, 0.29) is 12.5 Å². The van der Waals surface area contributed by atoms with Crippen molar-refractivity contribution in [2.24, 2.45) is 0 Å². The molecule has 0 atom stereocenters. The van der Waals surface area contributed by atoms with Gasteiger partial charge in [-0.3, -0.25) is 9.69 Å². The minimum atomic E-state index is -0.156. The molecule has 7 heteroatoms. The number of methoxy groups -OCH3 is 3. The Kier molecular flexibility index (Phi) is 7.12. The maximum atomic E-state index is 12.4. The van der Waals surface area contributed by atoms with Crippen LogP contribution in [0.25, 0.3) is 0 Å². The van der Waals surface area contributed by atoms with Gasteiger partial charge in [-0.15, -0.1) is 0 Å². The van der Waals surface area contributed by atoms with Crippen molar-refractivity contribution in [3.63, 3.8) is 0 Å². The molecule has 2 aromatic rings. The quantitative estimate of drug-likeness (QED) is 0.762. The van der Waals surface area contributed by atoms with E-state index in [4.69, 9.17) is 25.8 Å². The standard InChI is InChI=1S/C19H23ClN2O4/c1-22(11-13-9-14(20)5-8-17(13)25-3)12-19(23)21-16-7-6-15(24-2)10-18(16)26-4/h5-10H,11-12H2,1-4H3,(H,21,23). The summed E-state index contributed by atoms with van der Waals surface area (Å²) in [5.74, 6) is 1.78. The van der Waals surface area contributed by atoms with Gasteiger partial charge in [0.05, 0.1) is 33.6 Å². The normalized spacial score (nSPS) is 10.5. The van der Waals surface area contributed by atoms with Gasteiger partial charge in [-0.1, -0.05) is 11.6 Å². The summed E-state index contributed by atoms with van der Waals surface area (Å²) in [5, 5.41) is 3.48. The first-order valence-corrected chi connectivity index (χ1v) is 8.37. The molecule has 0 aliphatic carbocycles. The molecule has 0 unspecified atom stereocenters. The van der Waals surface area contributed by atoms with Crippen molar-refractivity contribution in [1.29, 1.82) is 0 Å². The van der Waals surface area contributed by atoms with Crippen LogP contribution in [0.5, 0.6) is 17.2 Å². The smallest absolute Gasteiger partial charge is 0.238 e. The van der Waals surface area contributed by atoms with Gasteiger partial charge in [0.2, 0.25) is 5.91 Å². The zero-order valence-electron chi connectivity index (χ0n) is 15.3. The predicted molar refractivity (Wildman–Crippen MR) is 103 cm³/mol. The zero-order chi connectivity index (χ0) is 19.1. The van der Waals surface area contributed by atoms with E-state index in [9.17, 15) is 4.79 Å². The third kappa shape index (κ3) is 5.28. The second-order valence-electron chi connectivity index (χ2n) is 5.74. The summed E-state index contributed by atoms with van der Waals surface area (Å²) in [6.07, 6.45) is 0. The molecule has 0 aliphatic rings. The molecule has 2 rings (SSSR count). The van der Waals surface area contributed by atoms with Crippen molar-refractivity contribution in [3.8, 4) is 17.2 Å². The summed E-state index contributed by atoms with van der Waals surface area (Å²) in [7, 11) is 6.58. The van der Waals surface area contributed by atoms with Crippen molar-refractivity contribution in [1.82, 2.24) is 4.90 Å². The average molecular weight is 379 g/mol. The van der Waals surface area contributed by atoms with E-state index in [0.29, 0.717) is 28.8 Å². The number of ether oxygens (including phenoxy) is 3. The largest absolute Gasteiger partial charge is 0.497 e. The number of rotatable bonds is 8. The molecule has 26 heavy (non-hydrogen) atoms. The van der Waals surface area contributed by atoms with Crippen LogP contribution in [0.4, 0.5) is 5.69 Å². The summed E-state index contributed by atoms with van der Waals surface area (Å²) in [6, 6.07) is 10.6. The highest BCUT2D eigenvalue weighted by molar-refractivity contribution is 6.30. The Bertz CT molecular complexity index is 767. The van der Waals surface area contributed by atoms with E-state index in [2.05, 4.69) is 5.32 Å². The maximum absolute atomic E-state index is 12.4. The fourth-order valence-corrected chi connectivity index (χ4v) is 2.75. The van der Waals surface area contributed by atoms with Crippen LogP contribution in [0, 0.1) is 0 Å². The van der Waals surface area contributed by atoms with Crippen molar-refractivity contribution in [2.75, 3.05) is 40.2 Å². The van der Waals surface area contributed by atoms with Crippen LogP contribution in [-0.4, -0.2) is 45.7 Å². The maximum Gasteiger partial charge on any atom is 0.238 e. The topological polar surface area (TPSA) is 60.0 Å². The van der Waals surface area contributed by atoms with Gasteiger partial charge in [0.15, 0.2) is 0 Å². The van der Waals surface area contributed by atoms with Gasteiger partial charge < -0.3 is 19.5 Å². The van der Waals surface area contributed by atoms with Gasteiger partial charge in [0, 0.05) is 23.2 Å². The first-order valence-electron chi connectivity index (χ1n) is 7.99. The molecule has 0 fully saturated rings. The van der Waals surface area contributed by atoms with Crippen LogP contribution in [-0.2, 0) is 11.3 Å². The zero-order valence-corrected chi connectivity index (χ0v) is 16.1. The number of benzene rings is 2. The molecule has 0 saturated carbocycles. The summed E-state index contributed by atoms with van der Waals surface area (Å²) >= 11 is 6.05. The highest BCUT2D eigenvalue weighted by Crippen LogP contribution is 2.29. The van der Waals surface area contributed by atoms with Crippen LogP contribution >= 0.6 is 11.6 Å². The second-order valence-corrected chi connectivity index (χ2v) is 6.18. The van der Waals surface area contributed by atoms with Gasteiger partial charge in [0.1, 0.15) is 17.2 Å². The molecule has 0 radical (unpaired) electrons. The van der Waals surface area contributed by atoms with Gasteiger partial charge in [0.25, 0.3) is 0 Å². The number of hydrogen-bond acceptors (Lipinski definition) is 5. The lowest BCUT2D eigenvalue weighted by Gasteiger charge is -2.19. The highest BCUT2D eigenvalue weighted by atomic mass is 35.5. The third-order valence-electron chi connectivity index (χ3n) is 3.78. The van der Waals surface area contributed by atoms with Crippen molar-refractivity contribution < 1.29 is 19.0 Å². The number of nitrogens with zero attached hydrogens (tertiary/aromatic N) is 1. The monoisotopic (exact) mass is 378 g/mol. The first kappa shape index (κ1) is 19.9. The molecule has 0 saturated heterocycles. The molecule has 6 nitrogen and oxygen atoms in total. The summed E-state index contributed by atoms with van der Waals surface area (Å²) < 4.78 is 15.8. The Hall–Kier alpha value is -2.44. The van der Waals surface area contributed by atoms with Crippen LogP contribution in [0.2, 0.25) is 5.02 Å². The van der Waals surface area contributed by atoms with Crippen LogP contribution in [0.1, 0.15) is 5.56 Å². The minimum absolute atomic E-state index is 0.156. The fourth-order valence-electron chi connectivity index (χ4n) is 2.55. The van der Waals surface area contributed by atoms with Crippen molar-refractivity contribution >= 4 is 23.2 Å². The number of anilines is 1. The van der Waals surface area contributed by atoms with Crippen molar-refractivity contribution in [3.05, 3.63) is 47.0 Å². The Morgan fingerprint density at radius 1 is 1.04 bits per heavy atom. The molecule has 0 bridgehead atoms. The Morgan fingerprint density at radius 3 is 2.42 bits per heavy atom. The molecule has 0 aromatic heterocycles. The van der Waals surface area contributed by atoms with Crippen molar-refractivity contribution in [2.45, 2.75) is 6.54 Å². The molecule has 1 N–H and O–H groups in total. The Balaban J connectivity index is 2.01. The third-order valence-corrected chi connectivity index (χ3v) is 4.01. The molecule has 0 heterocycles. The van der Waals surface area contributed by atoms with E-state index >= 15 is 0 Å². The predicted octanol–water partition coefficient (Wildman–Crippen LogP) is 3.44. The van der Waals surface area contributed by atoms with Gasteiger partial charge in [-0.25, -0.2) is 0 Å². The van der Waals surface area contributed by atoms with E-state index in [1.54, 1.807) is 45.6 Å². The molecule has 140 valence electrons. The number of amides is 1. The molecule has 2 aromatic carbocycles. The molecule has 0 aliphatic heterocycles. The molecule has 1 amide bonds. The number of halogens is 1. The van der Waals surface area contributed by atoms with Crippen LogP contribution < -0.4 is 19.5 Å². The average Bonchev–Trinajstić information content (AvgIpc) is 2.62. The number of likely N-dealkylation sites (N-methyl/N-ethyl adjacent to an activating group) is 1. The molecular weight excluding hydrogens is 356 g/mol. The Morgan fingerprint density at radius 2 is 1.77 bits per heavy atom. The number of nitrogens with one attached hydrogen (secondary N) is 1. The lowest BCUT2D eigenvalue weighted by molar-refractivity contribution is -0.117. The van der Waals surface area contributed by atoms with E-state index in [1.807, 2.05) is 24.1 Å². The lowest BCUT2D eigenvalue weighted by Crippen LogP contribution is -2.30. The molecule has 0 spiro atoms. The summed E-state index contributed by atoms with van der Waals surface area (Å²) in [5.41, 5.74) is 1.50. The Labute approximate surface area is 158 Å². The van der Waals surface area contributed by atoms with E-state index in [0.717, 1.165) is 11.3 Å². The summed E-state index contributed by atoms with van der Waals surface area (Å²) in [4.78, 5) is 14.2. The van der Waals surface area contributed by atoms with E-state index in [1.165, 1.54) is 0 Å². The first-order chi connectivity index (χ1) is 12.5. The van der Waals surface area contributed by atoms with Gasteiger partial charge in [-0.2, -0.15) is 0 Å². The minimum Gasteiger partial charge on any atom is -0.497 e.